The Hall–Kier alpha value is -3.58. The highest BCUT2D eigenvalue weighted by atomic mass is 15.0. The molecule has 0 spiro atoms. The molecule has 0 radical (unpaired) electrons. The molecule has 1 heterocycles. The maximum absolute atomic E-state index is 2.84. The standard InChI is InChI=1S/C48H53N/c1-3-14-32(15-4-1)36-28-37(33-16-5-2-6-17-33)30-38(29-36)49-45-25-12-11-23-43(45)48-46(49)27-26-35-31-44(41-21-9-10-22-42(41)47(35)48)40-24-13-19-34-18-7-8-20-39(34)40/h1-5,7,11,13-16,18-19,23,29-30,34-36,39-40,42,47H,6,8-10,12,17,20-22,24-28,31H2. The van der Waals surface area contributed by atoms with Crippen LogP contribution in [0, 0.1) is 29.6 Å². The van der Waals surface area contributed by atoms with Crippen LogP contribution in [0.1, 0.15) is 123 Å². The van der Waals surface area contributed by atoms with E-state index in [1.165, 1.54) is 88.3 Å². The Labute approximate surface area is 294 Å². The third kappa shape index (κ3) is 5.16. The van der Waals surface area contributed by atoms with E-state index < -0.39 is 0 Å². The summed E-state index contributed by atoms with van der Waals surface area (Å²) < 4.78 is 2.84. The highest BCUT2D eigenvalue weighted by molar-refractivity contribution is 5.73. The SMILES string of the molecule is C1=CCCC(C2=CC(n3c4c(c5c3CCC3CC(C6CC=CC7C=CCCC76)=C6CCCCC6C53)C=CCC4)=CC(c3ccccc3)C2)=C1. The van der Waals surface area contributed by atoms with Crippen LogP contribution in [-0.2, 0) is 12.8 Å². The molecule has 7 atom stereocenters. The van der Waals surface area contributed by atoms with Gasteiger partial charge in [0.15, 0.2) is 0 Å². The number of rotatable bonds is 4. The lowest BCUT2D eigenvalue weighted by Gasteiger charge is -2.49. The molecule has 1 heteroatoms. The van der Waals surface area contributed by atoms with E-state index in [1.54, 1.807) is 33.7 Å². The number of hydrogen-bond donors (Lipinski definition) is 0. The smallest absolute Gasteiger partial charge is 0.0424 e. The first-order valence-electron chi connectivity index (χ1n) is 20.1. The second kappa shape index (κ2) is 12.6. The summed E-state index contributed by atoms with van der Waals surface area (Å²) in [4.78, 5) is 0. The van der Waals surface area contributed by atoms with Gasteiger partial charge in [-0.25, -0.2) is 0 Å². The number of fused-ring (bicyclic) bond motifs is 8. The topological polar surface area (TPSA) is 4.93 Å². The predicted octanol–water partition coefficient (Wildman–Crippen LogP) is 12.4. The van der Waals surface area contributed by atoms with E-state index in [0.717, 1.165) is 42.9 Å². The quantitative estimate of drug-likeness (QED) is 0.292. The fourth-order valence-corrected chi connectivity index (χ4v) is 12.1. The van der Waals surface area contributed by atoms with Crippen LogP contribution < -0.4 is 0 Å². The molecule has 1 nitrogen and oxygen atoms in total. The van der Waals surface area contributed by atoms with Crippen molar-refractivity contribution in [1.82, 2.24) is 4.57 Å². The van der Waals surface area contributed by atoms with Crippen molar-refractivity contribution in [3.8, 4) is 0 Å². The molecule has 1 aromatic carbocycles. The fourth-order valence-electron chi connectivity index (χ4n) is 12.1. The van der Waals surface area contributed by atoms with E-state index >= 15 is 0 Å². The largest absolute Gasteiger partial charge is 0.317 e. The summed E-state index contributed by atoms with van der Waals surface area (Å²) in [5.74, 6) is 4.96. The molecule has 8 aliphatic rings. The molecular weight excluding hydrogens is 591 g/mol. The Morgan fingerprint density at radius 2 is 1.61 bits per heavy atom. The van der Waals surface area contributed by atoms with Gasteiger partial charge < -0.3 is 4.57 Å². The Kier molecular flexibility index (Phi) is 7.80. The zero-order valence-corrected chi connectivity index (χ0v) is 29.3. The van der Waals surface area contributed by atoms with Gasteiger partial charge in [-0.05, 0) is 159 Å². The molecule has 2 aromatic rings. The second-order valence-electron chi connectivity index (χ2n) is 16.6. The van der Waals surface area contributed by atoms with Crippen molar-refractivity contribution in [1.29, 1.82) is 0 Å². The van der Waals surface area contributed by atoms with Gasteiger partial charge in [0.05, 0.1) is 0 Å². The van der Waals surface area contributed by atoms with Crippen LogP contribution in [0.5, 0.6) is 0 Å². The molecule has 8 aliphatic carbocycles. The number of allylic oxidation sites excluding steroid dienone is 15. The average Bonchev–Trinajstić information content (AvgIpc) is 3.52. The minimum Gasteiger partial charge on any atom is -0.317 e. The molecule has 7 unspecified atom stereocenters. The molecular formula is C48H53N. The highest BCUT2D eigenvalue weighted by Crippen LogP contribution is 2.59. The summed E-state index contributed by atoms with van der Waals surface area (Å²) in [6, 6.07) is 11.3. The summed E-state index contributed by atoms with van der Waals surface area (Å²) in [7, 11) is 0. The van der Waals surface area contributed by atoms with Gasteiger partial charge in [-0.2, -0.15) is 0 Å². The van der Waals surface area contributed by atoms with Crippen LogP contribution in [0.4, 0.5) is 0 Å². The van der Waals surface area contributed by atoms with Crippen molar-refractivity contribution in [2.45, 2.75) is 108 Å². The number of nitrogens with zero attached hydrogens (tertiary/aromatic N) is 1. The molecule has 10 rings (SSSR count). The summed E-state index contributed by atoms with van der Waals surface area (Å²) >= 11 is 0. The summed E-state index contributed by atoms with van der Waals surface area (Å²) in [5, 5.41) is 0. The Bertz CT molecular complexity index is 1880. The molecule has 0 saturated heterocycles. The van der Waals surface area contributed by atoms with Gasteiger partial charge in [0.1, 0.15) is 0 Å². The van der Waals surface area contributed by atoms with Crippen LogP contribution in [0.25, 0.3) is 11.8 Å². The van der Waals surface area contributed by atoms with E-state index in [-0.39, 0.29) is 0 Å². The summed E-state index contributed by atoms with van der Waals surface area (Å²) in [6.07, 6.45) is 46.7. The van der Waals surface area contributed by atoms with Gasteiger partial charge in [-0.1, -0.05) is 109 Å². The zero-order chi connectivity index (χ0) is 32.3. The first kappa shape index (κ1) is 30.3. The lowest BCUT2D eigenvalue weighted by Crippen LogP contribution is -2.38. The molecule has 0 bridgehead atoms. The monoisotopic (exact) mass is 643 g/mol. The molecule has 0 N–H and O–H groups in total. The first-order chi connectivity index (χ1) is 24.3. The minimum atomic E-state index is 0.417. The van der Waals surface area contributed by atoms with E-state index in [1.807, 2.05) is 11.1 Å². The van der Waals surface area contributed by atoms with Crippen LogP contribution in [0.15, 0.2) is 113 Å². The highest BCUT2D eigenvalue weighted by Gasteiger charge is 2.48. The van der Waals surface area contributed by atoms with Gasteiger partial charge in [0.2, 0.25) is 0 Å². The Morgan fingerprint density at radius 3 is 2.53 bits per heavy atom. The molecule has 0 amide bonds. The van der Waals surface area contributed by atoms with Gasteiger partial charge in [-0.15, -0.1) is 0 Å². The lowest BCUT2D eigenvalue weighted by atomic mass is 9.55. The molecule has 0 aliphatic heterocycles. The van der Waals surface area contributed by atoms with Gasteiger partial charge in [0, 0.05) is 23.0 Å². The van der Waals surface area contributed by atoms with E-state index in [0.29, 0.717) is 17.8 Å². The normalized spacial score (nSPS) is 33.1. The van der Waals surface area contributed by atoms with Gasteiger partial charge in [-0.3, -0.25) is 0 Å². The molecule has 250 valence electrons. The number of hydrogen-bond acceptors (Lipinski definition) is 0. The third-order valence-corrected chi connectivity index (χ3v) is 14.1. The Morgan fingerprint density at radius 1 is 0.694 bits per heavy atom. The van der Waals surface area contributed by atoms with Crippen molar-refractivity contribution in [3.05, 3.63) is 141 Å². The number of benzene rings is 1. The van der Waals surface area contributed by atoms with Crippen LogP contribution in [-0.4, -0.2) is 4.57 Å². The zero-order valence-electron chi connectivity index (χ0n) is 29.3. The summed E-state index contributed by atoms with van der Waals surface area (Å²) in [5.41, 5.74) is 16.6. The van der Waals surface area contributed by atoms with Crippen molar-refractivity contribution in [3.63, 3.8) is 0 Å². The summed E-state index contributed by atoms with van der Waals surface area (Å²) in [6.45, 7) is 0. The maximum Gasteiger partial charge on any atom is 0.0424 e. The number of aromatic nitrogens is 1. The van der Waals surface area contributed by atoms with Crippen molar-refractivity contribution in [2.24, 2.45) is 29.6 Å². The fraction of sp³-hybridized carbons (Fsp3) is 0.458. The average molecular weight is 644 g/mol. The van der Waals surface area contributed by atoms with Crippen molar-refractivity contribution >= 4 is 11.8 Å². The molecule has 49 heavy (non-hydrogen) atoms. The van der Waals surface area contributed by atoms with Crippen LogP contribution >= 0.6 is 0 Å². The van der Waals surface area contributed by atoms with Crippen LogP contribution in [0.2, 0.25) is 0 Å². The van der Waals surface area contributed by atoms with Crippen molar-refractivity contribution in [2.75, 3.05) is 0 Å². The molecule has 1 aromatic heterocycles. The van der Waals surface area contributed by atoms with E-state index in [9.17, 15) is 0 Å². The van der Waals surface area contributed by atoms with E-state index in [4.69, 9.17) is 0 Å². The molecule has 1 saturated carbocycles. The van der Waals surface area contributed by atoms with Gasteiger partial charge in [0.25, 0.3) is 0 Å². The van der Waals surface area contributed by atoms with Crippen molar-refractivity contribution < 1.29 is 0 Å². The maximum atomic E-state index is 2.84. The van der Waals surface area contributed by atoms with Crippen LogP contribution in [0.3, 0.4) is 0 Å². The predicted molar refractivity (Wildman–Crippen MR) is 205 cm³/mol. The second-order valence-corrected chi connectivity index (χ2v) is 16.6. The minimum absolute atomic E-state index is 0.417. The third-order valence-electron chi connectivity index (χ3n) is 14.1. The van der Waals surface area contributed by atoms with Gasteiger partial charge >= 0.3 is 0 Å². The van der Waals surface area contributed by atoms with E-state index in [2.05, 4.69) is 102 Å². The lowest BCUT2D eigenvalue weighted by molar-refractivity contribution is 0.207. The molecule has 1 fully saturated rings. The first-order valence-corrected chi connectivity index (χ1v) is 20.1. The Balaban J connectivity index is 1.10.